The Hall–Kier alpha value is -2.08. The fourth-order valence-electron chi connectivity index (χ4n) is 1.71. The minimum atomic E-state index is -0.534. The Morgan fingerprint density at radius 2 is 2.30 bits per heavy atom. The van der Waals surface area contributed by atoms with Crippen molar-refractivity contribution in [1.29, 1.82) is 0 Å². The zero-order valence-electron chi connectivity index (χ0n) is 11.0. The first kappa shape index (κ1) is 14.3. The molecule has 1 heterocycles. The van der Waals surface area contributed by atoms with Crippen LogP contribution >= 0.6 is 11.6 Å². The van der Waals surface area contributed by atoms with Crippen LogP contribution in [0.15, 0.2) is 24.5 Å². The number of halogens is 1. The highest BCUT2D eigenvalue weighted by Gasteiger charge is 2.14. The lowest BCUT2D eigenvalue weighted by molar-refractivity contribution is 0.0457. The van der Waals surface area contributed by atoms with Crippen molar-refractivity contribution in [3.05, 3.63) is 40.9 Å². The summed E-state index contributed by atoms with van der Waals surface area (Å²) in [5, 5.41) is 4.36. The van der Waals surface area contributed by atoms with Crippen LogP contribution in [0, 0.1) is 0 Å². The van der Waals surface area contributed by atoms with Gasteiger partial charge < -0.3 is 10.5 Å². The maximum absolute atomic E-state index is 12.0. The van der Waals surface area contributed by atoms with Gasteiger partial charge in [0, 0.05) is 12.2 Å². The van der Waals surface area contributed by atoms with Gasteiger partial charge in [0.25, 0.3) is 0 Å². The molecule has 0 amide bonds. The van der Waals surface area contributed by atoms with Gasteiger partial charge in [-0.15, -0.1) is 0 Å². The summed E-state index contributed by atoms with van der Waals surface area (Å²) in [6.45, 7) is 2.81. The van der Waals surface area contributed by atoms with Crippen LogP contribution in [-0.2, 0) is 17.9 Å². The zero-order chi connectivity index (χ0) is 14.5. The second kappa shape index (κ2) is 6.38. The summed E-state index contributed by atoms with van der Waals surface area (Å²) in [5.74, 6) is 0.0635. The minimum Gasteiger partial charge on any atom is -0.454 e. The Morgan fingerprint density at radius 1 is 1.50 bits per heavy atom. The molecule has 0 bridgehead atoms. The fourth-order valence-corrected chi connectivity index (χ4v) is 1.90. The summed E-state index contributed by atoms with van der Waals surface area (Å²) >= 11 is 5.94. The smallest absolute Gasteiger partial charge is 0.340 e. The molecule has 0 aliphatic rings. The normalized spacial score (nSPS) is 10.5. The minimum absolute atomic E-state index is 0.0456. The number of nitrogens with two attached hydrogens (primary N) is 1. The quantitative estimate of drug-likeness (QED) is 0.675. The molecule has 0 aliphatic heterocycles. The molecular weight excluding hydrogens is 280 g/mol. The summed E-state index contributed by atoms with van der Waals surface area (Å²) in [6.07, 6.45) is 2.36. The van der Waals surface area contributed by atoms with Crippen molar-refractivity contribution in [2.45, 2.75) is 26.5 Å². The van der Waals surface area contributed by atoms with Gasteiger partial charge in [-0.2, -0.15) is 5.10 Å². The van der Waals surface area contributed by atoms with Crippen LogP contribution < -0.4 is 5.73 Å². The number of hydrogen-bond donors (Lipinski definition) is 1. The van der Waals surface area contributed by atoms with Gasteiger partial charge in [0.15, 0.2) is 12.4 Å². The van der Waals surface area contributed by atoms with Gasteiger partial charge >= 0.3 is 5.97 Å². The van der Waals surface area contributed by atoms with Crippen molar-refractivity contribution in [1.82, 2.24) is 14.8 Å². The Balaban J connectivity index is 2.05. The number of nitrogen functional groups attached to an aromatic ring is 1. The molecule has 0 fully saturated rings. The van der Waals surface area contributed by atoms with Crippen molar-refractivity contribution in [2.75, 3.05) is 5.73 Å². The molecule has 106 valence electrons. The third-order valence-corrected chi connectivity index (χ3v) is 3.00. The standard InChI is InChI=1S/C13H15ClN4O2/c1-2-5-18-12(16-8-17-18)7-20-13(19)10-6-9(15)3-4-11(10)14/h3-4,6,8H,2,5,7,15H2,1H3. The first-order chi connectivity index (χ1) is 9.61. The predicted molar refractivity (Wildman–Crippen MR) is 75.3 cm³/mol. The van der Waals surface area contributed by atoms with E-state index in [1.807, 2.05) is 6.92 Å². The molecule has 0 radical (unpaired) electrons. The maximum atomic E-state index is 12.0. The summed E-state index contributed by atoms with van der Waals surface area (Å²) in [5.41, 5.74) is 6.32. The van der Waals surface area contributed by atoms with E-state index in [1.165, 1.54) is 12.4 Å². The Morgan fingerprint density at radius 3 is 3.05 bits per heavy atom. The number of ether oxygens (including phenoxy) is 1. The molecule has 0 aliphatic carbocycles. The van der Waals surface area contributed by atoms with Crippen LogP contribution in [-0.4, -0.2) is 20.7 Å². The first-order valence-corrected chi connectivity index (χ1v) is 6.58. The molecule has 0 atom stereocenters. The van der Waals surface area contributed by atoms with E-state index < -0.39 is 5.97 Å². The molecular formula is C13H15ClN4O2. The van der Waals surface area contributed by atoms with Gasteiger partial charge in [-0.1, -0.05) is 18.5 Å². The number of carbonyl (C=O) groups is 1. The number of anilines is 1. The van der Waals surface area contributed by atoms with E-state index in [2.05, 4.69) is 10.1 Å². The van der Waals surface area contributed by atoms with Crippen molar-refractivity contribution >= 4 is 23.3 Å². The number of benzene rings is 1. The summed E-state index contributed by atoms with van der Waals surface area (Å²) < 4.78 is 6.90. The van der Waals surface area contributed by atoms with Crippen LogP contribution in [0.2, 0.25) is 5.02 Å². The first-order valence-electron chi connectivity index (χ1n) is 6.20. The van der Waals surface area contributed by atoms with Crippen LogP contribution in [0.1, 0.15) is 29.5 Å². The molecule has 2 rings (SSSR count). The molecule has 0 saturated heterocycles. The van der Waals surface area contributed by atoms with E-state index in [-0.39, 0.29) is 12.2 Å². The summed E-state index contributed by atoms with van der Waals surface area (Å²) in [7, 11) is 0. The lowest BCUT2D eigenvalue weighted by atomic mass is 10.2. The van der Waals surface area contributed by atoms with Gasteiger partial charge in [-0.05, 0) is 24.6 Å². The van der Waals surface area contributed by atoms with E-state index in [0.29, 0.717) is 16.5 Å². The van der Waals surface area contributed by atoms with Crippen molar-refractivity contribution < 1.29 is 9.53 Å². The topological polar surface area (TPSA) is 83.0 Å². The molecule has 2 aromatic rings. The van der Waals surface area contributed by atoms with E-state index in [1.54, 1.807) is 16.8 Å². The fraction of sp³-hybridized carbons (Fsp3) is 0.308. The number of rotatable bonds is 5. The van der Waals surface area contributed by atoms with Gasteiger partial charge in [0.2, 0.25) is 0 Å². The molecule has 7 heteroatoms. The van der Waals surface area contributed by atoms with Gasteiger partial charge in [0.05, 0.1) is 10.6 Å². The number of esters is 1. The Kier molecular flexibility index (Phi) is 4.57. The summed E-state index contributed by atoms with van der Waals surface area (Å²) in [6, 6.07) is 4.67. The van der Waals surface area contributed by atoms with E-state index in [4.69, 9.17) is 22.1 Å². The maximum Gasteiger partial charge on any atom is 0.340 e. The Bertz CT molecular complexity index is 612. The lowest BCUT2D eigenvalue weighted by Gasteiger charge is -2.07. The number of carbonyl (C=O) groups excluding carboxylic acids is 1. The highest BCUT2D eigenvalue weighted by Crippen LogP contribution is 2.20. The van der Waals surface area contributed by atoms with Crippen molar-refractivity contribution in [3.63, 3.8) is 0 Å². The third kappa shape index (κ3) is 3.27. The number of nitrogens with zero attached hydrogens (tertiary/aromatic N) is 3. The SMILES string of the molecule is CCCn1ncnc1COC(=O)c1cc(N)ccc1Cl. The lowest BCUT2D eigenvalue weighted by Crippen LogP contribution is -2.11. The van der Waals surface area contributed by atoms with Crippen LogP contribution in [0.3, 0.4) is 0 Å². The average Bonchev–Trinajstić information content (AvgIpc) is 2.87. The number of aromatic nitrogens is 3. The molecule has 0 unspecified atom stereocenters. The van der Waals surface area contributed by atoms with Crippen LogP contribution in [0.4, 0.5) is 5.69 Å². The van der Waals surface area contributed by atoms with Gasteiger partial charge in [0.1, 0.15) is 6.33 Å². The number of hydrogen-bond acceptors (Lipinski definition) is 5. The monoisotopic (exact) mass is 294 g/mol. The van der Waals surface area contributed by atoms with E-state index in [0.717, 1.165) is 13.0 Å². The van der Waals surface area contributed by atoms with Crippen molar-refractivity contribution in [3.8, 4) is 0 Å². The molecule has 20 heavy (non-hydrogen) atoms. The van der Waals surface area contributed by atoms with E-state index in [9.17, 15) is 4.79 Å². The highest BCUT2D eigenvalue weighted by atomic mass is 35.5. The second-order valence-corrected chi connectivity index (χ2v) is 4.62. The third-order valence-electron chi connectivity index (χ3n) is 2.67. The van der Waals surface area contributed by atoms with Crippen molar-refractivity contribution in [2.24, 2.45) is 0 Å². The molecule has 6 nitrogen and oxygen atoms in total. The Labute approximate surface area is 121 Å². The average molecular weight is 295 g/mol. The van der Waals surface area contributed by atoms with Gasteiger partial charge in [-0.25, -0.2) is 14.5 Å². The largest absolute Gasteiger partial charge is 0.454 e. The zero-order valence-corrected chi connectivity index (χ0v) is 11.8. The molecule has 1 aromatic carbocycles. The number of aryl methyl sites for hydroxylation is 1. The molecule has 1 aromatic heterocycles. The second-order valence-electron chi connectivity index (χ2n) is 4.21. The van der Waals surface area contributed by atoms with Crippen LogP contribution in [0.25, 0.3) is 0 Å². The van der Waals surface area contributed by atoms with Gasteiger partial charge in [-0.3, -0.25) is 0 Å². The molecule has 0 spiro atoms. The summed E-state index contributed by atoms with van der Waals surface area (Å²) in [4.78, 5) is 16.0. The predicted octanol–water partition coefficient (Wildman–Crippen LogP) is 2.28. The van der Waals surface area contributed by atoms with E-state index >= 15 is 0 Å². The van der Waals surface area contributed by atoms with Crippen LogP contribution in [0.5, 0.6) is 0 Å². The highest BCUT2D eigenvalue weighted by molar-refractivity contribution is 6.33. The molecule has 0 saturated carbocycles. The molecule has 2 N–H and O–H groups in total.